The fourth-order valence-electron chi connectivity index (χ4n) is 4.61. The number of amides is 1. The normalized spacial score (nSPS) is 21.4. The van der Waals surface area contributed by atoms with Gasteiger partial charge in [0, 0.05) is 57.1 Å². The summed E-state index contributed by atoms with van der Waals surface area (Å²) in [6.07, 6.45) is 6.96. The maximum atomic E-state index is 12.9. The number of aliphatic hydroxyl groups is 1. The first-order valence-electron chi connectivity index (χ1n) is 12.3. The molecule has 2 aliphatic heterocycles. The van der Waals surface area contributed by atoms with Crippen molar-refractivity contribution < 1.29 is 9.90 Å². The Balaban J connectivity index is 1.15. The van der Waals surface area contributed by atoms with Gasteiger partial charge in [-0.25, -0.2) is 20.1 Å². The minimum atomic E-state index is -1.40. The zero-order valence-electron chi connectivity index (χ0n) is 20.6. The first kappa shape index (κ1) is 24.2. The lowest BCUT2D eigenvalue weighted by Gasteiger charge is -2.37. The van der Waals surface area contributed by atoms with Crippen LogP contribution in [0.3, 0.4) is 0 Å². The smallest absolute Gasteiger partial charge is 0.252 e. The highest BCUT2D eigenvalue weighted by atomic mass is 16.3. The van der Waals surface area contributed by atoms with Gasteiger partial charge in [0.2, 0.25) is 0 Å². The number of aryl methyl sites for hydroxylation is 1. The molecule has 5 N–H and O–H groups in total. The molecule has 2 atom stereocenters. The molecule has 0 radical (unpaired) electrons. The van der Waals surface area contributed by atoms with Crippen LogP contribution in [-0.4, -0.2) is 61.7 Å². The van der Waals surface area contributed by atoms with Gasteiger partial charge in [-0.05, 0) is 55.7 Å². The van der Waals surface area contributed by atoms with Crippen LogP contribution in [0.2, 0.25) is 0 Å². The maximum Gasteiger partial charge on any atom is 0.252 e. The summed E-state index contributed by atoms with van der Waals surface area (Å²) in [5.74, 6) is 2.01. The Morgan fingerprint density at radius 3 is 2.72 bits per heavy atom. The highest BCUT2D eigenvalue weighted by Gasteiger charge is 2.39. The molecule has 0 spiro atoms. The van der Waals surface area contributed by atoms with Crippen LogP contribution in [0.4, 0.5) is 11.6 Å². The summed E-state index contributed by atoms with van der Waals surface area (Å²) in [7, 11) is 0. The lowest BCUT2D eigenvalue weighted by atomic mass is 9.90. The number of nitrogens with one attached hydrogen (secondary N) is 4. The number of piperidine rings is 1. The van der Waals surface area contributed by atoms with Crippen molar-refractivity contribution in [2.45, 2.75) is 57.5 Å². The molecule has 190 valence electrons. The van der Waals surface area contributed by atoms with Crippen LogP contribution in [0, 0.1) is 6.92 Å². The minimum absolute atomic E-state index is 0.120. The van der Waals surface area contributed by atoms with E-state index in [2.05, 4.69) is 43.4 Å². The van der Waals surface area contributed by atoms with Crippen molar-refractivity contribution in [2.24, 2.45) is 0 Å². The van der Waals surface area contributed by atoms with Crippen LogP contribution in [-0.2, 0) is 11.3 Å². The van der Waals surface area contributed by atoms with E-state index in [-0.39, 0.29) is 12.1 Å². The molecular weight excluding hydrogens is 458 g/mol. The molecule has 0 aliphatic carbocycles. The van der Waals surface area contributed by atoms with E-state index in [1.54, 1.807) is 17.1 Å². The van der Waals surface area contributed by atoms with Crippen LogP contribution in [0.1, 0.15) is 37.3 Å². The molecule has 5 heterocycles. The van der Waals surface area contributed by atoms with Crippen molar-refractivity contribution in [3.63, 3.8) is 0 Å². The second kappa shape index (κ2) is 10.2. The molecule has 2 saturated heterocycles. The van der Waals surface area contributed by atoms with Gasteiger partial charge in [0.05, 0.1) is 6.17 Å². The first-order valence-corrected chi connectivity index (χ1v) is 12.3. The van der Waals surface area contributed by atoms with Gasteiger partial charge in [-0.15, -0.1) is 0 Å². The van der Waals surface area contributed by atoms with E-state index in [0.717, 1.165) is 29.2 Å². The van der Waals surface area contributed by atoms with E-state index >= 15 is 0 Å². The van der Waals surface area contributed by atoms with Crippen molar-refractivity contribution >= 4 is 17.5 Å². The third-order valence-corrected chi connectivity index (χ3v) is 6.71. The van der Waals surface area contributed by atoms with E-state index in [1.165, 1.54) is 0 Å². The molecule has 11 heteroatoms. The number of hydrogen-bond acceptors (Lipinski definition) is 9. The summed E-state index contributed by atoms with van der Waals surface area (Å²) in [5.41, 5.74) is 6.99. The number of anilines is 2. The number of pyridine rings is 2. The zero-order valence-corrected chi connectivity index (χ0v) is 20.6. The second-order valence-electron chi connectivity index (χ2n) is 9.69. The first-order chi connectivity index (χ1) is 17.4. The molecule has 0 aromatic carbocycles. The van der Waals surface area contributed by atoms with E-state index in [9.17, 15) is 9.90 Å². The van der Waals surface area contributed by atoms with Crippen LogP contribution >= 0.6 is 0 Å². The largest absolute Gasteiger partial charge is 0.380 e. The molecule has 3 aromatic heterocycles. The highest BCUT2D eigenvalue weighted by molar-refractivity contribution is 5.85. The molecule has 3 aromatic rings. The Labute approximate surface area is 210 Å². The molecule has 0 saturated carbocycles. The minimum Gasteiger partial charge on any atom is -0.380 e. The van der Waals surface area contributed by atoms with Gasteiger partial charge in [-0.2, -0.15) is 5.10 Å². The second-order valence-corrected chi connectivity index (χ2v) is 9.69. The van der Waals surface area contributed by atoms with E-state index in [4.69, 9.17) is 4.98 Å². The lowest BCUT2D eigenvalue weighted by molar-refractivity contribution is -0.142. The van der Waals surface area contributed by atoms with Crippen LogP contribution < -0.4 is 26.4 Å². The molecule has 0 bridgehead atoms. The average Bonchev–Trinajstić information content (AvgIpc) is 3.55. The van der Waals surface area contributed by atoms with Crippen molar-refractivity contribution in [1.82, 2.24) is 35.9 Å². The van der Waals surface area contributed by atoms with Crippen molar-refractivity contribution in [1.29, 1.82) is 0 Å². The Kier molecular flexibility index (Phi) is 6.86. The fourth-order valence-corrected chi connectivity index (χ4v) is 4.61. The summed E-state index contributed by atoms with van der Waals surface area (Å²) in [4.78, 5) is 24.2. The molecule has 36 heavy (non-hydrogen) atoms. The Morgan fingerprint density at radius 2 is 2.06 bits per heavy atom. The molecule has 2 aliphatic rings. The van der Waals surface area contributed by atoms with Crippen LogP contribution in [0.25, 0.3) is 5.82 Å². The van der Waals surface area contributed by atoms with Gasteiger partial charge >= 0.3 is 0 Å². The predicted molar refractivity (Wildman–Crippen MR) is 136 cm³/mol. The van der Waals surface area contributed by atoms with Gasteiger partial charge in [0.25, 0.3) is 5.91 Å². The van der Waals surface area contributed by atoms with Crippen LogP contribution in [0.15, 0.2) is 48.9 Å². The van der Waals surface area contributed by atoms with Gasteiger partial charge in [-0.3, -0.25) is 10.2 Å². The monoisotopic (exact) mass is 491 g/mol. The van der Waals surface area contributed by atoms with Crippen molar-refractivity contribution in [3.05, 3.63) is 60.0 Å². The number of nitrogens with zero attached hydrogens (tertiary/aromatic N) is 5. The maximum absolute atomic E-state index is 12.9. The quantitative estimate of drug-likeness (QED) is 0.331. The van der Waals surface area contributed by atoms with E-state index < -0.39 is 5.60 Å². The number of rotatable bonds is 7. The Hall–Kier alpha value is -3.54. The summed E-state index contributed by atoms with van der Waals surface area (Å²) in [5, 5.41) is 21.5. The van der Waals surface area contributed by atoms with Crippen molar-refractivity contribution in [3.8, 4) is 5.82 Å². The van der Waals surface area contributed by atoms with Crippen LogP contribution in [0.5, 0.6) is 0 Å². The van der Waals surface area contributed by atoms with Gasteiger partial charge in [0.15, 0.2) is 5.82 Å². The van der Waals surface area contributed by atoms with E-state index in [1.807, 2.05) is 43.5 Å². The summed E-state index contributed by atoms with van der Waals surface area (Å²) >= 11 is 0. The topological polar surface area (TPSA) is 132 Å². The Morgan fingerprint density at radius 1 is 1.22 bits per heavy atom. The van der Waals surface area contributed by atoms with Gasteiger partial charge in [-0.1, -0.05) is 6.07 Å². The van der Waals surface area contributed by atoms with Gasteiger partial charge in [0.1, 0.15) is 17.2 Å². The third-order valence-electron chi connectivity index (χ3n) is 6.71. The van der Waals surface area contributed by atoms with Crippen molar-refractivity contribution in [2.75, 3.05) is 23.3 Å². The number of aromatic nitrogens is 4. The number of hydrazine groups is 1. The lowest BCUT2D eigenvalue weighted by Crippen LogP contribution is -2.53. The molecular formula is C25H33N9O2. The fraction of sp³-hybridized carbons (Fsp3) is 0.440. The number of hydrogen-bond donors (Lipinski definition) is 5. The summed E-state index contributed by atoms with van der Waals surface area (Å²) < 4.78 is 1.67. The van der Waals surface area contributed by atoms with E-state index in [0.29, 0.717) is 44.3 Å². The molecule has 2 unspecified atom stereocenters. The SMILES string of the molecule is Cc1cc(NC2CC(C)NN2)nc(N2CCC(O)(C(=O)NCc3ccc(-n4cccn4)nc3)CC2)c1. The standard InChI is InChI=1S/C25H33N9O2/c1-17-12-20(29-21-14-18(2)31-32-21)30-23(13-17)33-10-6-25(36,7-11-33)24(35)27-16-19-4-5-22(26-15-19)34-9-3-8-28-34/h3-5,8-9,12-13,15,18,21,31-32,36H,6-7,10-11,14,16H2,1-2H3,(H,27,35)(H,29,30). The molecule has 1 amide bonds. The Bertz CT molecular complexity index is 1170. The zero-order chi connectivity index (χ0) is 25.1. The predicted octanol–water partition coefficient (Wildman–Crippen LogP) is 1.24. The third kappa shape index (κ3) is 5.48. The molecule has 2 fully saturated rings. The average molecular weight is 492 g/mol. The summed E-state index contributed by atoms with van der Waals surface area (Å²) in [6, 6.07) is 10.0. The molecule has 5 rings (SSSR count). The number of carbonyl (C=O) groups is 1. The number of carbonyl (C=O) groups excluding carboxylic acids is 1. The molecule has 11 nitrogen and oxygen atoms in total. The summed E-state index contributed by atoms with van der Waals surface area (Å²) in [6.45, 7) is 5.56. The van der Waals surface area contributed by atoms with Gasteiger partial charge < -0.3 is 20.6 Å². The highest BCUT2D eigenvalue weighted by Crippen LogP contribution is 2.27.